The molecule has 5 nitrogen and oxygen atoms in total. The fraction of sp³-hybridized carbons (Fsp3) is 0.250. The van der Waals surface area contributed by atoms with Gasteiger partial charge in [0.15, 0.2) is 0 Å². The Balaban J connectivity index is 1.61. The highest BCUT2D eigenvalue weighted by molar-refractivity contribution is 7.89. The van der Waals surface area contributed by atoms with Crippen LogP contribution in [-0.2, 0) is 20.6 Å². The van der Waals surface area contributed by atoms with Crippen molar-refractivity contribution in [2.24, 2.45) is 5.92 Å². The van der Waals surface area contributed by atoms with Gasteiger partial charge in [-0.2, -0.15) is 0 Å². The van der Waals surface area contributed by atoms with Crippen LogP contribution in [0.3, 0.4) is 0 Å². The Morgan fingerprint density at radius 2 is 1.82 bits per heavy atom. The number of rotatable bonds is 5. The smallest absolute Gasteiger partial charge is 0.239 e. The summed E-state index contributed by atoms with van der Waals surface area (Å²) in [6, 6.07) is 12.5. The lowest BCUT2D eigenvalue weighted by Crippen LogP contribution is -2.33. The molecule has 1 fully saturated rings. The van der Waals surface area contributed by atoms with Crippen LogP contribution in [0.2, 0.25) is 0 Å². The molecular formula is C16H16N2O3S. The average molecular weight is 316 g/mol. The van der Waals surface area contributed by atoms with Gasteiger partial charge in [-0.15, -0.1) is 0 Å². The van der Waals surface area contributed by atoms with E-state index in [-0.39, 0.29) is 17.6 Å². The third-order valence-electron chi connectivity index (χ3n) is 3.72. The molecule has 114 valence electrons. The molecule has 22 heavy (non-hydrogen) atoms. The van der Waals surface area contributed by atoms with Crippen LogP contribution >= 0.6 is 0 Å². The van der Waals surface area contributed by atoms with Crippen molar-refractivity contribution in [3.63, 3.8) is 0 Å². The summed E-state index contributed by atoms with van der Waals surface area (Å²) < 4.78 is 26.3. The van der Waals surface area contributed by atoms with E-state index in [1.54, 1.807) is 36.7 Å². The number of nitrogens with zero attached hydrogens (tertiary/aromatic N) is 1. The van der Waals surface area contributed by atoms with Crippen molar-refractivity contribution in [1.82, 2.24) is 9.71 Å². The lowest BCUT2D eigenvalue weighted by molar-refractivity contribution is -0.120. The fourth-order valence-corrected chi connectivity index (χ4v) is 3.68. The molecule has 1 saturated carbocycles. The zero-order valence-electron chi connectivity index (χ0n) is 11.8. The van der Waals surface area contributed by atoms with E-state index in [0.717, 1.165) is 5.56 Å². The molecule has 1 heterocycles. The Bertz CT molecular complexity index is 760. The highest BCUT2D eigenvalue weighted by atomic mass is 32.2. The van der Waals surface area contributed by atoms with Gasteiger partial charge >= 0.3 is 0 Å². The largest absolute Gasteiger partial charge is 0.274 e. The first-order valence-corrected chi connectivity index (χ1v) is 8.68. The summed E-state index contributed by atoms with van der Waals surface area (Å²) in [5, 5.41) is 0. The molecule has 1 amide bonds. The number of nitrogens with one attached hydrogen (secondary N) is 1. The second kappa shape index (κ2) is 5.88. The van der Waals surface area contributed by atoms with Crippen molar-refractivity contribution in [1.29, 1.82) is 0 Å². The summed E-state index contributed by atoms with van der Waals surface area (Å²) in [7, 11) is -3.66. The standard InChI is InChI=1S/C16H16N2O3S/c19-16(15-10-14(15)13-6-8-17-9-7-13)18-22(20,21)11-12-4-2-1-3-5-12/h1-9,14-15H,10-11H2,(H,18,19)/t14-,15+/m0/s1. The molecule has 0 saturated heterocycles. The first kappa shape index (κ1) is 14.7. The minimum Gasteiger partial charge on any atom is -0.274 e. The normalized spacial score (nSPS) is 20.4. The van der Waals surface area contributed by atoms with Crippen LogP contribution in [0.1, 0.15) is 23.5 Å². The number of aromatic nitrogens is 1. The van der Waals surface area contributed by atoms with Crippen LogP contribution in [0.25, 0.3) is 0 Å². The van der Waals surface area contributed by atoms with Crippen molar-refractivity contribution in [2.45, 2.75) is 18.1 Å². The molecule has 0 spiro atoms. The minimum absolute atomic E-state index is 0.0925. The lowest BCUT2D eigenvalue weighted by Gasteiger charge is -2.07. The van der Waals surface area contributed by atoms with Gasteiger partial charge in [-0.1, -0.05) is 30.3 Å². The van der Waals surface area contributed by atoms with E-state index in [9.17, 15) is 13.2 Å². The van der Waals surface area contributed by atoms with Crippen LogP contribution in [0.15, 0.2) is 54.9 Å². The van der Waals surface area contributed by atoms with Crippen molar-refractivity contribution < 1.29 is 13.2 Å². The molecule has 1 N–H and O–H groups in total. The van der Waals surface area contributed by atoms with Gasteiger partial charge in [0.05, 0.1) is 5.75 Å². The van der Waals surface area contributed by atoms with Crippen LogP contribution in [0, 0.1) is 5.92 Å². The Morgan fingerprint density at radius 1 is 1.14 bits per heavy atom. The molecule has 0 aliphatic heterocycles. The topological polar surface area (TPSA) is 76.1 Å². The number of hydrogen-bond acceptors (Lipinski definition) is 4. The molecule has 0 bridgehead atoms. The molecule has 0 unspecified atom stereocenters. The molecule has 1 aliphatic carbocycles. The van der Waals surface area contributed by atoms with E-state index in [1.807, 2.05) is 18.2 Å². The monoisotopic (exact) mass is 316 g/mol. The van der Waals surface area contributed by atoms with Gasteiger partial charge in [0.25, 0.3) is 0 Å². The van der Waals surface area contributed by atoms with Crippen LogP contribution in [0.4, 0.5) is 0 Å². The molecule has 1 aliphatic rings. The Hall–Kier alpha value is -2.21. The van der Waals surface area contributed by atoms with Gasteiger partial charge < -0.3 is 0 Å². The second-order valence-corrected chi connectivity index (χ2v) is 7.16. The maximum Gasteiger partial charge on any atom is 0.239 e. The van der Waals surface area contributed by atoms with E-state index in [0.29, 0.717) is 12.0 Å². The summed E-state index contributed by atoms with van der Waals surface area (Å²) in [5.41, 5.74) is 1.68. The van der Waals surface area contributed by atoms with Gasteiger partial charge in [0.1, 0.15) is 0 Å². The quantitative estimate of drug-likeness (QED) is 0.913. The SMILES string of the molecule is O=C(NS(=O)(=O)Cc1ccccc1)[C@@H]1C[C@H]1c1ccncc1. The van der Waals surface area contributed by atoms with Crippen LogP contribution < -0.4 is 4.72 Å². The van der Waals surface area contributed by atoms with E-state index < -0.39 is 15.9 Å². The van der Waals surface area contributed by atoms with Gasteiger partial charge in [-0.25, -0.2) is 8.42 Å². The Morgan fingerprint density at radius 3 is 2.50 bits per heavy atom. The van der Waals surface area contributed by atoms with E-state index in [4.69, 9.17) is 0 Å². The van der Waals surface area contributed by atoms with Crippen molar-refractivity contribution in [2.75, 3.05) is 0 Å². The number of carbonyl (C=O) groups excluding carboxylic acids is 1. The number of amides is 1. The minimum atomic E-state index is -3.66. The third kappa shape index (κ3) is 3.51. The van der Waals surface area contributed by atoms with Crippen molar-refractivity contribution in [3.05, 3.63) is 66.0 Å². The van der Waals surface area contributed by atoms with Gasteiger partial charge in [-0.3, -0.25) is 14.5 Å². The van der Waals surface area contributed by atoms with Crippen LogP contribution in [-0.4, -0.2) is 19.3 Å². The molecule has 0 radical (unpaired) electrons. The van der Waals surface area contributed by atoms with Crippen LogP contribution in [0.5, 0.6) is 0 Å². The van der Waals surface area contributed by atoms with Gasteiger partial charge in [0.2, 0.25) is 15.9 Å². The second-order valence-electron chi connectivity index (χ2n) is 5.44. The molecule has 2 atom stereocenters. The maximum atomic E-state index is 12.1. The number of sulfonamides is 1. The molecule has 2 aromatic rings. The average Bonchev–Trinajstić information content (AvgIpc) is 3.29. The number of carbonyl (C=O) groups is 1. The predicted octanol–water partition coefficient (Wildman–Crippen LogP) is 1.83. The Labute approximate surface area is 129 Å². The summed E-state index contributed by atoms with van der Waals surface area (Å²) in [5.74, 6) is -0.785. The van der Waals surface area contributed by atoms with E-state index in [1.165, 1.54) is 0 Å². The lowest BCUT2D eigenvalue weighted by atomic mass is 10.1. The Kier molecular flexibility index (Phi) is 3.94. The number of benzene rings is 1. The van der Waals surface area contributed by atoms with Gasteiger partial charge in [-0.05, 0) is 35.6 Å². The predicted molar refractivity (Wildman–Crippen MR) is 82.3 cm³/mol. The molecule has 1 aromatic heterocycles. The summed E-state index contributed by atoms with van der Waals surface area (Å²) in [6.07, 6.45) is 4.03. The first-order chi connectivity index (χ1) is 10.6. The van der Waals surface area contributed by atoms with Crippen molar-refractivity contribution >= 4 is 15.9 Å². The summed E-state index contributed by atoms with van der Waals surface area (Å²) in [6.45, 7) is 0. The summed E-state index contributed by atoms with van der Waals surface area (Å²) >= 11 is 0. The van der Waals surface area contributed by atoms with E-state index in [2.05, 4.69) is 9.71 Å². The highest BCUT2D eigenvalue weighted by Crippen LogP contribution is 2.47. The molecule has 6 heteroatoms. The fourth-order valence-electron chi connectivity index (χ4n) is 2.52. The summed E-state index contributed by atoms with van der Waals surface area (Å²) in [4.78, 5) is 16.0. The third-order valence-corrected chi connectivity index (χ3v) is 4.94. The number of pyridine rings is 1. The van der Waals surface area contributed by atoms with Gasteiger partial charge in [0, 0.05) is 18.3 Å². The molecule has 3 rings (SSSR count). The molecular weight excluding hydrogens is 300 g/mol. The van der Waals surface area contributed by atoms with Crippen molar-refractivity contribution in [3.8, 4) is 0 Å². The zero-order chi connectivity index (χ0) is 15.6. The maximum absolute atomic E-state index is 12.1. The highest BCUT2D eigenvalue weighted by Gasteiger charge is 2.44. The molecule has 1 aromatic carbocycles. The zero-order valence-corrected chi connectivity index (χ0v) is 12.7. The number of hydrogen-bond donors (Lipinski definition) is 1. The first-order valence-electron chi connectivity index (χ1n) is 7.03. The van der Waals surface area contributed by atoms with E-state index >= 15 is 0 Å².